The number of pyridine rings is 1. The molecule has 9 heteroatoms. The fourth-order valence-electron chi connectivity index (χ4n) is 3.27. The van der Waals surface area contributed by atoms with Crippen LogP contribution >= 0.6 is 0 Å². The second kappa shape index (κ2) is 9.17. The van der Waals surface area contributed by atoms with Gasteiger partial charge in [-0.25, -0.2) is 0 Å². The summed E-state index contributed by atoms with van der Waals surface area (Å²) >= 11 is 0. The Morgan fingerprint density at radius 3 is 2.19 bits per heavy atom. The number of aromatic amines is 2. The Bertz CT molecular complexity index is 1310. The van der Waals surface area contributed by atoms with Gasteiger partial charge in [0.1, 0.15) is 5.75 Å². The van der Waals surface area contributed by atoms with Crippen LogP contribution in [0.1, 0.15) is 0 Å². The molecule has 32 heavy (non-hydrogen) atoms. The van der Waals surface area contributed by atoms with Crippen LogP contribution in [0.15, 0.2) is 75.9 Å². The van der Waals surface area contributed by atoms with Gasteiger partial charge in [0.25, 0.3) is 5.56 Å². The standard InChI is InChI=1S/C23H21N5O4/c1-30-18-7-5-16(13-17(18)14-8-10-24-11-9-14)25-27-22-21(26-28-23(22)29)15-4-6-19(31-2)20(12-15)32-3/h4-13H,1-3H3,(H2,26,28,29). The number of aromatic nitrogens is 3. The van der Waals surface area contributed by atoms with Crippen molar-refractivity contribution in [1.82, 2.24) is 15.2 Å². The van der Waals surface area contributed by atoms with Crippen LogP contribution in [-0.2, 0) is 0 Å². The molecule has 0 unspecified atom stereocenters. The minimum Gasteiger partial charge on any atom is -0.496 e. The maximum Gasteiger partial charge on any atom is 0.292 e. The predicted octanol–water partition coefficient (Wildman–Crippen LogP) is 4.87. The zero-order valence-electron chi connectivity index (χ0n) is 17.7. The van der Waals surface area contributed by atoms with Crippen molar-refractivity contribution in [2.75, 3.05) is 21.3 Å². The normalized spacial score (nSPS) is 11.0. The largest absolute Gasteiger partial charge is 0.496 e. The van der Waals surface area contributed by atoms with Crippen LogP contribution in [0.4, 0.5) is 11.4 Å². The second-order valence-electron chi connectivity index (χ2n) is 6.69. The molecule has 2 heterocycles. The summed E-state index contributed by atoms with van der Waals surface area (Å²) in [6.07, 6.45) is 3.41. The van der Waals surface area contributed by atoms with Gasteiger partial charge in [0.15, 0.2) is 17.2 Å². The molecule has 2 aromatic carbocycles. The lowest BCUT2D eigenvalue weighted by molar-refractivity contribution is 0.355. The third kappa shape index (κ3) is 4.08. The summed E-state index contributed by atoms with van der Waals surface area (Å²) in [5, 5.41) is 13.9. The van der Waals surface area contributed by atoms with Gasteiger partial charge in [0.05, 0.1) is 32.7 Å². The number of nitrogens with zero attached hydrogens (tertiary/aromatic N) is 3. The molecule has 4 rings (SSSR count). The third-order valence-corrected chi connectivity index (χ3v) is 4.86. The van der Waals surface area contributed by atoms with Crippen LogP contribution in [0.5, 0.6) is 17.2 Å². The van der Waals surface area contributed by atoms with Gasteiger partial charge < -0.3 is 14.2 Å². The Morgan fingerprint density at radius 1 is 0.750 bits per heavy atom. The van der Waals surface area contributed by atoms with Gasteiger partial charge in [0.2, 0.25) is 0 Å². The SMILES string of the molecule is COc1ccc(-c2[nH][nH]c(=O)c2N=Nc2ccc(OC)c(-c3ccncc3)c2)cc1OC. The molecule has 0 aliphatic carbocycles. The number of rotatable bonds is 7. The van der Waals surface area contributed by atoms with Gasteiger partial charge in [-0.05, 0) is 54.1 Å². The van der Waals surface area contributed by atoms with Crippen LogP contribution < -0.4 is 19.8 Å². The molecule has 162 valence electrons. The molecule has 0 saturated heterocycles. The highest BCUT2D eigenvalue weighted by molar-refractivity contribution is 5.75. The number of azo groups is 1. The molecule has 9 nitrogen and oxygen atoms in total. The van der Waals surface area contributed by atoms with Crippen LogP contribution in [0.3, 0.4) is 0 Å². The van der Waals surface area contributed by atoms with E-state index in [2.05, 4.69) is 25.4 Å². The quantitative estimate of drug-likeness (QED) is 0.405. The van der Waals surface area contributed by atoms with E-state index in [1.54, 1.807) is 64.1 Å². The lowest BCUT2D eigenvalue weighted by Gasteiger charge is -2.09. The topological polar surface area (TPSA) is 114 Å². The highest BCUT2D eigenvalue weighted by Gasteiger charge is 2.15. The second-order valence-corrected chi connectivity index (χ2v) is 6.69. The van der Waals surface area contributed by atoms with Crippen LogP contribution in [-0.4, -0.2) is 36.5 Å². The first-order chi connectivity index (χ1) is 15.6. The first kappa shape index (κ1) is 20.9. The lowest BCUT2D eigenvalue weighted by Crippen LogP contribution is -1.96. The predicted molar refractivity (Wildman–Crippen MR) is 120 cm³/mol. The third-order valence-electron chi connectivity index (χ3n) is 4.86. The molecule has 0 aliphatic heterocycles. The average Bonchev–Trinajstić information content (AvgIpc) is 3.22. The minimum absolute atomic E-state index is 0.151. The first-order valence-electron chi connectivity index (χ1n) is 9.67. The molecular weight excluding hydrogens is 410 g/mol. The van der Waals surface area contributed by atoms with Crippen molar-refractivity contribution in [1.29, 1.82) is 0 Å². The Morgan fingerprint density at radius 2 is 1.47 bits per heavy atom. The van der Waals surface area contributed by atoms with Crippen molar-refractivity contribution >= 4 is 11.4 Å². The van der Waals surface area contributed by atoms with E-state index in [0.717, 1.165) is 11.1 Å². The summed E-state index contributed by atoms with van der Waals surface area (Å²) in [6.45, 7) is 0. The zero-order chi connectivity index (χ0) is 22.5. The number of ether oxygens (including phenoxy) is 3. The molecule has 0 bridgehead atoms. The maximum atomic E-state index is 12.4. The molecule has 2 aromatic heterocycles. The Balaban J connectivity index is 1.71. The van der Waals surface area contributed by atoms with Gasteiger partial charge >= 0.3 is 0 Å². The summed E-state index contributed by atoms with van der Waals surface area (Å²) in [4.78, 5) is 16.4. The van der Waals surface area contributed by atoms with Gasteiger partial charge in [-0.3, -0.25) is 20.0 Å². The molecule has 0 spiro atoms. The van der Waals surface area contributed by atoms with Crippen molar-refractivity contribution in [3.05, 3.63) is 71.3 Å². The van der Waals surface area contributed by atoms with Crippen molar-refractivity contribution in [2.24, 2.45) is 10.2 Å². The van der Waals surface area contributed by atoms with Crippen molar-refractivity contribution < 1.29 is 14.2 Å². The maximum absolute atomic E-state index is 12.4. The lowest BCUT2D eigenvalue weighted by atomic mass is 10.1. The monoisotopic (exact) mass is 431 g/mol. The van der Waals surface area contributed by atoms with Gasteiger partial charge in [-0.2, -0.15) is 5.11 Å². The van der Waals surface area contributed by atoms with E-state index in [1.165, 1.54) is 0 Å². The Hall–Kier alpha value is -4.40. The molecular formula is C23H21N5O4. The summed E-state index contributed by atoms with van der Waals surface area (Å²) in [5.74, 6) is 1.81. The van der Waals surface area contributed by atoms with E-state index in [1.807, 2.05) is 18.2 Å². The van der Waals surface area contributed by atoms with Gasteiger partial charge in [-0.1, -0.05) is 0 Å². The van der Waals surface area contributed by atoms with Crippen LogP contribution in [0.25, 0.3) is 22.4 Å². The zero-order valence-corrected chi connectivity index (χ0v) is 17.7. The summed E-state index contributed by atoms with van der Waals surface area (Å²) in [6, 6.07) is 14.5. The highest BCUT2D eigenvalue weighted by Crippen LogP contribution is 2.36. The number of methoxy groups -OCH3 is 3. The molecule has 0 saturated carbocycles. The van der Waals surface area contributed by atoms with Crippen LogP contribution in [0.2, 0.25) is 0 Å². The van der Waals surface area contributed by atoms with Crippen molar-refractivity contribution in [3.8, 4) is 39.6 Å². The molecule has 0 aliphatic rings. The van der Waals surface area contributed by atoms with Gasteiger partial charge in [0, 0.05) is 23.5 Å². The summed E-state index contributed by atoms with van der Waals surface area (Å²) in [7, 11) is 4.71. The van der Waals surface area contributed by atoms with E-state index in [-0.39, 0.29) is 11.2 Å². The molecule has 0 radical (unpaired) electrons. The van der Waals surface area contributed by atoms with Crippen LogP contribution in [0, 0.1) is 0 Å². The fourth-order valence-corrected chi connectivity index (χ4v) is 3.27. The van der Waals surface area contributed by atoms with Crippen molar-refractivity contribution in [2.45, 2.75) is 0 Å². The summed E-state index contributed by atoms with van der Waals surface area (Å²) in [5.41, 5.74) is 3.29. The van der Waals surface area contributed by atoms with E-state index in [0.29, 0.717) is 34.2 Å². The molecule has 0 atom stereocenters. The minimum atomic E-state index is -0.388. The Kier molecular flexibility index (Phi) is 5.98. The van der Waals surface area contributed by atoms with E-state index < -0.39 is 0 Å². The molecule has 2 N–H and O–H groups in total. The highest BCUT2D eigenvalue weighted by atomic mass is 16.5. The molecule has 0 amide bonds. The van der Waals surface area contributed by atoms with Crippen molar-refractivity contribution in [3.63, 3.8) is 0 Å². The Labute approximate surface area is 183 Å². The molecule has 0 fully saturated rings. The number of benzene rings is 2. The van der Waals surface area contributed by atoms with Gasteiger partial charge in [-0.15, -0.1) is 5.11 Å². The van der Waals surface area contributed by atoms with E-state index in [9.17, 15) is 4.79 Å². The fraction of sp³-hybridized carbons (Fsp3) is 0.130. The molecule has 4 aromatic rings. The van der Waals surface area contributed by atoms with E-state index in [4.69, 9.17) is 14.2 Å². The van der Waals surface area contributed by atoms with E-state index >= 15 is 0 Å². The number of nitrogens with one attached hydrogen (secondary N) is 2. The average molecular weight is 431 g/mol. The number of hydrogen-bond donors (Lipinski definition) is 2. The first-order valence-corrected chi connectivity index (χ1v) is 9.67. The smallest absolute Gasteiger partial charge is 0.292 e. The summed E-state index contributed by atoms with van der Waals surface area (Å²) < 4.78 is 16.1. The number of H-pyrrole nitrogens is 2. The number of hydrogen-bond acceptors (Lipinski definition) is 7.